The first-order chi connectivity index (χ1) is 7.42. The maximum absolute atomic E-state index is 12.1. The van der Waals surface area contributed by atoms with Gasteiger partial charge in [-0.2, -0.15) is 5.10 Å². The van der Waals surface area contributed by atoms with Crippen molar-refractivity contribution in [1.82, 2.24) is 14.5 Å². The standard InChI is InChI=1S/C10H17N3O2S/c1-7-10(8(2)13(3)12-7)16(14,15)11-6-9-4-5-9/h9,11H,4-6H2,1-3H3. The summed E-state index contributed by atoms with van der Waals surface area (Å²) in [6, 6.07) is 0. The molecule has 1 aromatic heterocycles. The average Bonchev–Trinajstić information content (AvgIpc) is 2.93. The lowest BCUT2D eigenvalue weighted by atomic mass is 10.4. The highest BCUT2D eigenvalue weighted by molar-refractivity contribution is 7.89. The number of hydrogen-bond donors (Lipinski definition) is 1. The third kappa shape index (κ3) is 2.12. The maximum Gasteiger partial charge on any atom is 0.244 e. The van der Waals surface area contributed by atoms with E-state index >= 15 is 0 Å². The summed E-state index contributed by atoms with van der Waals surface area (Å²) in [5, 5.41) is 4.12. The molecule has 0 aliphatic heterocycles. The van der Waals surface area contributed by atoms with Gasteiger partial charge in [-0.15, -0.1) is 0 Å². The van der Waals surface area contributed by atoms with Crippen molar-refractivity contribution in [3.05, 3.63) is 11.4 Å². The van der Waals surface area contributed by atoms with Crippen molar-refractivity contribution in [2.45, 2.75) is 31.6 Å². The summed E-state index contributed by atoms with van der Waals surface area (Å²) in [5.41, 5.74) is 1.24. The average molecular weight is 243 g/mol. The molecule has 1 N–H and O–H groups in total. The van der Waals surface area contributed by atoms with Gasteiger partial charge in [-0.1, -0.05) is 0 Å². The molecular formula is C10H17N3O2S. The van der Waals surface area contributed by atoms with Crippen LogP contribution in [0, 0.1) is 19.8 Å². The summed E-state index contributed by atoms with van der Waals surface area (Å²) in [6.07, 6.45) is 2.26. The Kier molecular flexibility index (Phi) is 2.79. The first-order valence-corrected chi connectivity index (χ1v) is 6.90. The summed E-state index contributed by atoms with van der Waals surface area (Å²) in [4.78, 5) is 0.329. The summed E-state index contributed by atoms with van der Waals surface area (Å²) < 4.78 is 28.4. The van der Waals surface area contributed by atoms with Crippen LogP contribution in [0.2, 0.25) is 0 Å². The van der Waals surface area contributed by atoms with Crippen LogP contribution < -0.4 is 4.72 Å². The van der Waals surface area contributed by atoms with Gasteiger partial charge < -0.3 is 0 Å². The molecule has 0 aromatic carbocycles. The van der Waals surface area contributed by atoms with Gasteiger partial charge in [0.25, 0.3) is 0 Å². The zero-order valence-corrected chi connectivity index (χ0v) is 10.6. The molecule has 90 valence electrons. The van der Waals surface area contributed by atoms with Gasteiger partial charge >= 0.3 is 0 Å². The van der Waals surface area contributed by atoms with Crippen LogP contribution in [0.3, 0.4) is 0 Å². The van der Waals surface area contributed by atoms with E-state index in [1.54, 1.807) is 25.6 Å². The molecule has 0 radical (unpaired) electrons. The molecule has 0 atom stereocenters. The van der Waals surface area contributed by atoms with E-state index in [9.17, 15) is 8.42 Å². The third-order valence-electron chi connectivity index (χ3n) is 2.97. The second-order valence-corrected chi connectivity index (χ2v) is 6.12. The van der Waals surface area contributed by atoms with Crippen LogP contribution in [0.4, 0.5) is 0 Å². The largest absolute Gasteiger partial charge is 0.271 e. The van der Waals surface area contributed by atoms with Gasteiger partial charge in [-0.05, 0) is 32.6 Å². The van der Waals surface area contributed by atoms with Gasteiger partial charge in [0.1, 0.15) is 4.90 Å². The predicted octanol–water partition coefficient (Wildman–Crippen LogP) is 0.725. The Labute approximate surface area is 95.9 Å². The molecular weight excluding hydrogens is 226 g/mol. The van der Waals surface area contributed by atoms with Crippen molar-refractivity contribution in [3.63, 3.8) is 0 Å². The molecule has 1 aliphatic carbocycles. The van der Waals surface area contributed by atoms with Gasteiger partial charge in [-0.3, -0.25) is 4.68 Å². The predicted molar refractivity (Wildman–Crippen MR) is 60.6 cm³/mol. The molecule has 1 fully saturated rings. The Hall–Kier alpha value is -0.880. The van der Waals surface area contributed by atoms with Gasteiger partial charge in [0.05, 0.1) is 11.4 Å². The minimum absolute atomic E-state index is 0.329. The second-order valence-electron chi connectivity index (χ2n) is 4.42. The van der Waals surface area contributed by atoms with Crippen LogP contribution in [-0.4, -0.2) is 24.7 Å². The molecule has 0 unspecified atom stereocenters. The van der Waals surface area contributed by atoms with Crippen LogP contribution in [0.25, 0.3) is 0 Å². The summed E-state index contributed by atoms with van der Waals surface area (Å²) >= 11 is 0. The maximum atomic E-state index is 12.1. The number of aromatic nitrogens is 2. The minimum atomic E-state index is -3.39. The molecule has 1 saturated carbocycles. The molecule has 0 amide bonds. The van der Waals surface area contributed by atoms with Crippen LogP contribution in [0.5, 0.6) is 0 Å². The lowest BCUT2D eigenvalue weighted by Crippen LogP contribution is -2.26. The second kappa shape index (κ2) is 3.85. The number of hydrogen-bond acceptors (Lipinski definition) is 3. The normalized spacial score (nSPS) is 16.7. The Morgan fingerprint density at radius 3 is 2.50 bits per heavy atom. The van der Waals surface area contributed by atoms with E-state index in [0.29, 0.717) is 28.7 Å². The van der Waals surface area contributed by atoms with Crippen molar-refractivity contribution in [3.8, 4) is 0 Å². The first-order valence-electron chi connectivity index (χ1n) is 5.41. The van der Waals surface area contributed by atoms with E-state index in [1.807, 2.05) is 0 Å². The van der Waals surface area contributed by atoms with E-state index in [1.165, 1.54) is 0 Å². The number of sulfonamides is 1. The van der Waals surface area contributed by atoms with Crippen molar-refractivity contribution in [2.24, 2.45) is 13.0 Å². The van der Waals surface area contributed by atoms with E-state index < -0.39 is 10.0 Å². The molecule has 0 bridgehead atoms. The number of rotatable bonds is 4. The fourth-order valence-corrected chi connectivity index (χ4v) is 3.31. The highest BCUT2D eigenvalue weighted by Gasteiger charge is 2.27. The number of aryl methyl sites for hydroxylation is 2. The van der Waals surface area contributed by atoms with Gasteiger partial charge in [0.2, 0.25) is 10.0 Å². The number of nitrogens with zero attached hydrogens (tertiary/aromatic N) is 2. The quantitative estimate of drug-likeness (QED) is 0.847. The van der Waals surface area contributed by atoms with Crippen molar-refractivity contribution >= 4 is 10.0 Å². The van der Waals surface area contributed by atoms with Crippen LogP contribution in [0.15, 0.2) is 4.90 Å². The first kappa shape index (κ1) is 11.6. The Morgan fingerprint density at radius 1 is 1.44 bits per heavy atom. The summed E-state index contributed by atoms with van der Waals surface area (Å²) in [6.45, 7) is 4.04. The number of nitrogens with one attached hydrogen (secondary N) is 1. The van der Waals surface area contributed by atoms with Crippen LogP contribution in [-0.2, 0) is 17.1 Å². The van der Waals surface area contributed by atoms with Crippen molar-refractivity contribution in [2.75, 3.05) is 6.54 Å². The highest BCUT2D eigenvalue weighted by atomic mass is 32.2. The molecule has 16 heavy (non-hydrogen) atoms. The van der Waals surface area contributed by atoms with E-state index in [-0.39, 0.29) is 0 Å². The third-order valence-corrected chi connectivity index (χ3v) is 4.65. The molecule has 2 rings (SSSR count). The molecule has 0 spiro atoms. The molecule has 5 nitrogen and oxygen atoms in total. The zero-order valence-electron chi connectivity index (χ0n) is 9.82. The molecule has 6 heteroatoms. The Morgan fingerprint density at radius 2 is 2.06 bits per heavy atom. The van der Waals surface area contributed by atoms with E-state index in [0.717, 1.165) is 12.8 Å². The fraction of sp³-hybridized carbons (Fsp3) is 0.700. The van der Waals surface area contributed by atoms with Gasteiger partial charge in [0.15, 0.2) is 0 Å². The SMILES string of the molecule is Cc1nn(C)c(C)c1S(=O)(=O)NCC1CC1. The molecule has 1 heterocycles. The van der Waals surface area contributed by atoms with Crippen LogP contribution in [0.1, 0.15) is 24.2 Å². The lowest BCUT2D eigenvalue weighted by Gasteiger charge is -2.06. The minimum Gasteiger partial charge on any atom is -0.271 e. The van der Waals surface area contributed by atoms with E-state index in [2.05, 4.69) is 9.82 Å². The zero-order chi connectivity index (χ0) is 11.9. The Bertz CT molecular complexity index is 500. The van der Waals surface area contributed by atoms with Gasteiger partial charge in [-0.25, -0.2) is 13.1 Å². The summed E-state index contributed by atoms with van der Waals surface area (Å²) in [7, 11) is -1.64. The molecule has 1 aromatic rings. The Balaban J connectivity index is 2.26. The summed E-state index contributed by atoms with van der Waals surface area (Å²) in [5.74, 6) is 0.534. The van der Waals surface area contributed by atoms with Crippen LogP contribution >= 0.6 is 0 Å². The monoisotopic (exact) mass is 243 g/mol. The smallest absolute Gasteiger partial charge is 0.244 e. The van der Waals surface area contributed by atoms with E-state index in [4.69, 9.17) is 0 Å². The molecule has 0 saturated heterocycles. The van der Waals surface area contributed by atoms with Crippen molar-refractivity contribution in [1.29, 1.82) is 0 Å². The topological polar surface area (TPSA) is 64.0 Å². The van der Waals surface area contributed by atoms with Crippen molar-refractivity contribution < 1.29 is 8.42 Å². The molecule has 1 aliphatic rings. The highest BCUT2D eigenvalue weighted by Crippen LogP contribution is 2.28. The fourth-order valence-electron chi connectivity index (χ4n) is 1.76. The van der Waals surface area contributed by atoms with Gasteiger partial charge in [0, 0.05) is 13.6 Å². The lowest BCUT2D eigenvalue weighted by molar-refractivity contribution is 0.576.